The third-order valence-corrected chi connectivity index (χ3v) is 4.62. The van der Waals surface area contributed by atoms with Crippen LogP contribution < -0.4 is 10.1 Å². The van der Waals surface area contributed by atoms with Gasteiger partial charge < -0.3 is 14.8 Å². The van der Waals surface area contributed by atoms with Crippen LogP contribution in [0.3, 0.4) is 0 Å². The number of carbonyl (C=O) groups excluding carboxylic acids is 1. The number of rotatable bonds is 6. The van der Waals surface area contributed by atoms with E-state index in [1.165, 1.54) is 11.3 Å². The molecule has 0 unspecified atom stereocenters. The molecule has 6 nitrogen and oxygen atoms in total. The summed E-state index contributed by atoms with van der Waals surface area (Å²) in [6.07, 6.45) is 3.14. The Morgan fingerprint density at radius 3 is 2.91 bits per heavy atom. The van der Waals surface area contributed by atoms with Crippen LogP contribution in [-0.2, 0) is 16.0 Å². The molecule has 0 saturated carbocycles. The first-order chi connectivity index (χ1) is 11.2. The Kier molecular flexibility index (Phi) is 5.19. The van der Waals surface area contributed by atoms with Crippen molar-refractivity contribution >= 4 is 22.4 Å². The smallest absolute Gasteiger partial charge is 0.226 e. The Balaban J connectivity index is 1.48. The SMILES string of the molecule is COc1ccc(CCC(=O)Nc2nnc([C@@H]3CCCO3)s2)cc1. The highest BCUT2D eigenvalue weighted by Gasteiger charge is 2.22. The normalized spacial score (nSPS) is 17.2. The number of hydrogen-bond acceptors (Lipinski definition) is 6. The van der Waals surface area contributed by atoms with Crippen LogP contribution in [0.1, 0.15) is 35.9 Å². The van der Waals surface area contributed by atoms with Crippen molar-refractivity contribution < 1.29 is 14.3 Å². The molecule has 3 rings (SSSR count). The monoisotopic (exact) mass is 333 g/mol. The van der Waals surface area contributed by atoms with Crippen LogP contribution in [0.5, 0.6) is 5.75 Å². The average Bonchev–Trinajstić information content (AvgIpc) is 3.24. The fourth-order valence-electron chi connectivity index (χ4n) is 2.42. The highest BCUT2D eigenvalue weighted by molar-refractivity contribution is 7.15. The topological polar surface area (TPSA) is 73.3 Å². The second-order valence-corrected chi connectivity index (χ2v) is 6.35. The summed E-state index contributed by atoms with van der Waals surface area (Å²) in [5.74, 6) is 0.754. The van der Waals surface area contributed by atoms with Crippen molar-refractivity contribution in [2.45, 2.75) is 31.8 Å². The molecule has 1 aromatic carbocycles. The number of methoxy groups -OCH3 is 1. The number of aryl methyl sites for hydroxylation is 1. The van der Waals surface area contributed by atoms with Crippen LogP contribution in [0, 0.1) is 0 Å². The lowest BCUT2D eigenvalue weighted by Gasteiger charge is -2.04. The Hall–Kier alpha value is -1.99. The van der Waals surface area contributed by atoms with Crippen molar-refractivity contribution in [1.29, 1.82) is 0 Å². The number of carbonyl (C=O) groups is 1. The summed E-state index contributed by atoms with van der Waals surface area (Å²) < 4.78 is 10.7. The molecular weight excluding hydrogens is 314 g/mol. The number of anilines is 1. The van der Waals surface area contributed by atoms with Crippen LogP contribution in [0.25, 0.3) is 0 Å². The van der Waals surface area contributed by atoms with Crippen LogP contribution >= 0.6 is 11.3 Å². The number of nitrogens with one attached hydrogen (secondary N) is 1. The molecule has 122 valence electrons. The van der Waals surface area contributed by atoms with Gasteiger partial charge in [0.15, 0.2) is 0 Å². The second-order valence-electron chi connectivity index (χ2n) is 5.34. The molecule has 1 aliphatic heterocycles. The van der Waals surface area contributed by atoms with E-state index in [1.54, 1.807) is 7.11 Å². The molecule has 1 atom stereocenters. The van der Waals surface area contributed by atoms with Gasteiger partial charge in [0.2, 0.25) is 11.0 Å². The predicted octanol–water partition coefficient (Wildman–Crippen LogP) is 2.97. The van der Waals surface area contributed by atoms with Crippen molar-refractivity contribution in [2.24, 2.45) is 0 Å². The molecule has 1 fully saturated rings. The summed E-state index contributed by atoms with van der Waals surface area (Å²) in [5.41, 5.74) is 1.10. The lowest BCUT2D eigenvalue weighted by molar-refractivity contribution is -0.116. The van der Waals surface area contributed by atoms with Crippen LogP contribution in [0.4, 0.5) is 5.13 Å². The second kappa shape index (κ2) is 7.52. The Morgan fingerprint density at radius 1 is 1.39 bits per heavy atom. The lowest BCUT2D eigenvalue weighted by Crippen LogP contribution is -2.12. The minimum Gasteiger partial charge on any atom is -0.497 e. The molecule has 0 bridgehead atoms. The van der Waals surface area contributed by atoms with Crippen molar-refractivity contribution in [1.82, 2.24) is 10.2 Å². The Bertz CT molecular complexity index is 651. The van der Waals surface area contributed by atoms with Gasteiger partial charge in [-0.1, -0.05) is 23.5 Å². The third-order valence-electron chi connectivity index (χ3n) is 3.69. The van der Waals surface area contributed by atoms with E-state index < -0.39 is 0 Å². The summed E-state index contributed by atoms with van der Waals surface area (Å²) in [7, 11) is 1.63. The third kappa shape index (κ3) is 4.27. The van der Waals surface area contributed by atoms with Gasteiger partial charge >= 0.3 is 0 Å². The molecular formula is C16H19N3O3S. The van der Waals surface area contributed by atoms with Crippen molar-refractivity contribution in [2.75, 3.05) is 19.0 Å². The number of nitrogens with zero attached hydrogens (tertiary/aromatic N) is 2. The van der Waals surface area contributed by atoms with Gasteiger partial charge in [-0.05, 0) is 37.0 Å². The van der Waals surface area contributed by atoms with Crippen LogP contribution in [0.2, 0.25) is 0 Å². The minimum absolute atomic E-state index is 0.0393. The molecule has 2 aromatic rings. The van der Waals surface area contributed by atoms with Gasteiger partial charge in [-0.3, -0.25) is 4.79 Å². The summed E-state index contributed by atoms with van der Waals surface area (Å²) in [6, 6.07) is 7.72. The van der Waals surface area contributed by atoms with Gasteiger partial charge in [0.1, 0.15) is 16.9 Å². The van der Waals surface area contributed by atoms with Gasteiger partial charge in [-0.15, -0.1) is 10.2 Å². The van der Waals surface area contributed by atoms with Gasteiger partial charge in [0.25, 0.3) is 0 Å². The van der Waals surface area contributed by atoms with Gasteiger partial charge in [0.05, 0.1) is 7.11 Å². The molecule has 2 heterocycles. The number of amides is 1. The molecule has 23 heavy (non-hydrogen) atoms. The number of aromatic nitrogens is 2. The van der Waals surface area contributed by atoms with Gasteiger partial charge in [-0.25, -0.2) is 0 Å². The molecule has 7 heteroatoms. The van der Waals surface area contributed by atoms with Crippen molar-refractivity contribution in [3.8, 4) is 5.75 Å². The van der Waals surface area contributed by atoms with E-state index in [9.17, 15) is 4.79 Å². The highest BCUT2D eigenvalue weighted by Crippen LogP contribution is 2.31. The molecule has 1 amide bonds. The molecule has 1 N–H and O–H groups in total. The quantitative estimate of drug-likeness (QED) is 0.880. The molecule has 0 radical (unpaired) electrons. The Morgan fingerprint density at radius 2 is 2.22 bits per heavy atom. The van der Waals surface area contributed by atoms with E-state index in [1.807, 2.05) is 24.3 Å². The van der Waals surface area contributed by atoms with Gasteiger partial charge in [-0.2, -0.15) is 0 Å². The fraction of sp³-hybridized carbons (Fsp3) is 0.438. The van der Waals surface area contributed by atoms with Crippen LogP contribution in [0.15, 0.2) is 24.3 Å². The largest absolute Gasteiger partial charge is 0.497 e. The maximum absolute atomic E-state index is 12.0. The zero-order valence-corrected chi connectivity index (χ0v) is 13.8. The highest BCUT2D eigenvalue weighted by atomic mass is 32.1. The molecule has 1 saturated heterocycles. The lowest BCUT2D eigenvalue weighted by atomic mass is 10.1. The Labute approximate surface area is 138 Å². The standard InChI is InChI=1S/C16H19N3O3S/c1-21-12-7-4-11(5-8-12)6-9-14(20)17-16-19-18-15(23-16)13-3-2-10-22-13/h4-5,7-8,13H,2-3,6,9-10H2,1H3,(H,17,19,20)/t13-/m0/s1. The van der Waals surface area contributed by atoms with E-state index in [0.717, 1.165) is 35.8 Å². The first-order valence-corrected chi connectivity index (χ1v) is 8.44. The summed E-state index contributed by atoms with van der Waals surface area (Å²) in [4.78, 5) is 12.0. The maximum Gasteiger partial charge on any atom is 0.226 e. The first kappa shape index (κ1) is 15.9. The van der Waals surface area contributed by atoms with Crippen molar-refractivity contribution in [3.63, 3.8) is 0 Å². The molecule has 1 aliphatic rings. The minimum atomic E-state index is -0.0594. The summed E-state index contributed by atoms with van der Waals surface area (Å²) in [5, 5.41) is 12.3. The van der Waals surface area contributed by atoms with E-state index in [0.29, 0.717) is 18.0 Å². The molecule has 0 aliphatic carbocycles. The summed E-state index contributed by atoms with van der Waals surface area (Å²) >= 11 is 1.39. The number of benzene rings is 1. The number of hydrogen-bond donors (Lipinski definition) is 1. The van der Waals surface area contributed by atoms with E-state index in [2.05, 4.69) is 15.5 Å². The fourth-order valence-corrected chi connectivity index (χ4v) is 3.26. The predicted molar refractivity (Wildman–Crippen MR) is 87.8 cm³/mol. The van der Waals surface area contributed by atoms with E-state index >= 15 is 0 Å². The number of ether oxygens (including phenoxy) is 2. The van der Waals surface area contributed by atoms with E-state index in [-0.39, 0.29) is 12.0 Å². The average molecular weight is 333 g/mol. The van der Waals surface area contributed by atoms with E-state index in [4.69, 9.17) is 9.47 Å². The maximum atomic E-state index is 12.0. The van der Waals surface area contributed by atoms with Crippen molar-refractivity contribution in [3.05, 3.63) is 34.8 Å². The first-order valence-electron chi connectivity index (χ1n) is 7.62. The van der Waals surface area contributed by atoms with Crippen LogP contribution in [-0.4, -0.2) is 29.8 Å². The zero-order valence-electron chi connectivity index (χ0n) is 12.9. The molecule has 0 spiro atoms. The molecule has 1 aromatic heterocycles. The summed E-state index contributed by atoms with van der Waals surface area (Å²) in [6.45, 7) is 0.772. The zero-order chi connectivity index (χ0) is 16.1. The van der Waals surface area contributed by atoms with Gasteiger partial charge in [0, 0.05) is 13.0 Å².